The zero-order valence-electron chi connectivity index (χ0n) is 11.1. The fourth-order valence-electron chi connectivity index (χ4n) is 2.37. The van der Waals surface area contributed by atoms with Crippen LogP contribution in [0.4, 0.5) is 5.69 Å². The van der Waals surface area contributed by atoms with Crippen LogP contribution in [0.25, 0.3) is 0 Å². The quantitative estimate of drug-likeness (QED) is 0.378. The maximum absolute atomic E-state index is 8.70. The molecule has 19 heavy (non-hydrogen) atoms. The van der Waals surface area contributed by atoms with Crippen molar-refractivity contribution in [3.63, 3.8) is 0 Å². The van der Waals surface area contributed by atoms with E-state index in [0.29, 0.717) is 0 Å². The van der Waals surface area contributed by atoms with E-state index in [1.165, 1.54) is 24.9 Å². The molecule has 0 bridgehead atoms. The fraction of sp³-hybridized carbons (Fsp3) is 0.500. The van der Waals surface area contributed by atoms with Crippen LogP contribution in [0.5, 0.6) is 0 Å². The van der Waals surface area contributed by atoms with Gasteiger partial charge < -0.3 is 15.8 Å². The van der Waals surface area contributed by atoms with E-state index in [0.717, 1.165) is 29.0 Å². The Morgan fingerprint density at radius 3 is 2.74 bits per heavy atom. The van der Waals surface area contributed by atoms with E-state index in [2.05, 4.69) is 32.9 Å². The van der Waals surface area contributed by atoms with E-state index in [1.54, 1.807) is 0 Å². The summed E-state index contributed by atoms with van der Waals surface area (Å²) in [5.74, 6) is 0.963. The number of nitrogens with zero attached hydrogens (tertiary/aromatic N) is 2. The van der Waals surface area contributed by atoms with Crippen molar-refractivity contribution in [2.75, 3.05) is 18.0 Å². The Morgan fingerprint density at radius 2 is 2.26 bits per heavy atom. The average molecular weight is 326 g/mol. The van der Waals surface area contributed by atoms with Gasteiger partial charge in [-0.15, -0.1) is 0 Å². The fourth-order valence-corrected chi connectivity index (χ4v) is 2.99. The minimum atomic E-state index is 0.134. The van der Waals surface area contributed by atoms with Crippen molar-refractivity contribution in [3.05, 3.63) is 28.2 Å². The molecule has 0 spiro atoms. The minimum absolute atomic E-state index is 0.134. The molecule has 0 radical (unpaired) electrons. The summed E-state index contributed by atoms with van der Waals surface area (Å²) >= 11 is 3.58. The molecule has 4 nitrogen and oxygen atoms in total. The molecule has 104 valence electrons. The maximum Gasteiger partial charge on any atom is 0.170 e. The van der Waals surface area contributed by atoms with Crippen LogP contribution in [0.15, 0.2) is 27.8 Å². The first-order valence-electron chi connectivity index (χ1n) is 6.68. The predicted octanol–water partition coefficient (Wildman–Crippen LogP) is 3.17. The number of hydrogen-bond donors (Lipinski definition) is 2. The Morgan fingerprint density at radius 1 is 1.53 bits per heavy atom. The zero-order chi connectivity index (χ0) is 13.8. The summed E-state index contributed by atoms with van der Waals surface area (Å²) in [4.78, 5) is 2.38. The van der Waals surface area contributed by atoms with Crippen LogP contribution in [0.3, 0.4) is 0 Å². The molecule has 3 N–H and O–H groups in total. The predicted molar refractivity (Wildman–Crippen MR) is 81.9 cm³/mol. The SMILES string of the molecule is CCN(CC1CCC1)c1ccc(/C(N)=N/O)cc1Br. The molecule has 5 heteroatoms. The lowest BCUT2D eigenvalue weighted by molar-refractivity contribution is 0.318. The number of benzene rings is 1. The lowest BCUT2D eigenvalue weighted by Crippen LogP contribution is -2.32. The molecule has 1 aromatic rings. The number of rotatable bonds is 5. The molecule has 0 heterocycles. The molecule has 0 amide bonds. The Bertz CT molecular complexity index is 472. The third kappa shape index (κ3) is 3.21. The van der Waals surface area contributed by atoms with E-state index in [4.69, 9.17) is 10.9 Å². The van der Waals surface area contributed by atoms with E-state index >= 15 is 0 Å². The van der Waals surface area contributed by atoms with E-state index in [9.17, 15) is 0 Å². The molecular weight excluding hydrogens is 306 g/mol. The highest BCUT2D eigenvalue weighted by Gasteiger charge is 2.21. The molecule has 2 rings (SSSR count). The summed E-state index contributed by atoms with van der Waals surface area (Å²) in [6, 6.07) is 5.81. The first-order valence-corrected chi connectivity index (χ1v) is 7.47. The van der Waals surface area contributed by atoms with E-state index in [-0.39, 0.29) is 5.84 Å². The van der Waals surface area contributed by atoms with Gasteiger partial charge in [-0.3, -0.25) is 0 Å². The molecule has 0 unspecified atom stereocenters. The monoisotopic (exact) mass is 325 g/mol. The van der Waals surface area contributed by atoms with Gasteiger partial charge in [0.05, 0.1) is 5.69 Å². The van der Waals surface area contributed by atoms with Crippen molar-refractivity contribution in [2.24, 2.45) is 16.8 Å². The highest BCUT2D eigenvalue weighted by Crippen LogP contribution is 2.32. The van der Waals surface area contributed by atoms with Gasteiger partial charge in [0.25, 0.3) is 0 Å². The smallest absolute Gasteiger partial charge is 0.170 e. The molecule has 0 atom stereocenters. The summed E-state index contributed by atoms with van der Waals surface area (Å²) < 4.78 is 0.984. The normalized spacial score (nSPS) is 16.2. The van der Waals surface area contributed by atoms with Gasteiger partial charge in [-0.25, -0.2) is 0 Å². The second kappa shape index (κ2) is 6.28. The molecule has 0 aliphatic heterocycles. The molecule has 1 aromatic carbocycles. The summed E-state index contributed by atoms with van der Waals surface area (Å²) in [5.41, 5.74) is 7.49. The standard InChI is InChI=1S/C14H20BrN3O/c1-2-18(9-10-4-3-5-10)13-7-6-11(8-12(13)15)14(16)17-19/h6-8,10,19H,2-5,9H2,1H3,(H2,16,17). The Balaban J connectivity index is 2.18. The Kier molecular flexibility index (Phi) is 4.69. The molecular formula is C14H20BrN3O. The van der Waals surface area contributed by atoms with Crippen LogP contribution >= 0.6 is 15.9 Å². The molecule has 1 aliphatic rings. The summed E-state index contributed by atoms with van der Waals surface area (Å²) in [7, 11) is 0. The van der Waals surface area contributed by atoms with Gasteiger partial charge in [0.2, 0.25) is 0 Å². The average Bonchev–Trinajstić information content (AvgIpc) is 2.37. The lowest BCUT2D eigenvalue weighted by Gasteiger charge is -2.33. The van der Waals surface area contributed by atoms with Crippen molar-refractivity contribution in [1.82, 2.24) is 0 Å². The van der Waals surface area contributed by atoms with Crippen molar-refractivity contribution in [1.29, 1.82) is 0 Å². The first kappa shape index (κ1) is 14.2. The van der Waals surface area contributed by atoms with Crippen LogP contribution in [-0.4, -0.2) is 24.1 Å². The van der Waals surface area contributed by atoms with Gasteiger partial charge in [0.1, 0.15) is 0 Å². The van der Waals surface area contributed by atoms with Crippen molar-refractivity contribution in [2.45, 2.75) is 26.2 Å². The summed E-state index contributed by atoms with van der Waals surface area (Å²) in [6.07, 6.45) is 4.05. The van der Waals surface area contributed by atoms with Gasteiger partial charge in [0, 0.05) is 23.1 Å². The number of hydrogen-bond acceptors (Lipinski definition) is 3. The second-order valence-corrected chi connectivity index (χ2v) is 5.84. The number of anilines is 1. The van der Waals surface area contributed by atoms with Crippen LogP contribution in [0, 0.1) is 5.92 Å². The third-order valence-electron chi connectivity index (χ3n) is 3.78. The van der Waals surface area contributed by atoms with E-state index in [1.807, 2.05) is 18.2 Å². The van der Waals surface area contributed by atoms with Gasteiger partial charge in [-0.2, -0.15) is 0 Å². The summed E-state index contributed by atoms with van der Waals surface area (Å²) in [5, 5.41) is 11.7. The van der Waals surface area contributed by atoms with Crippen LogP contribution in [0.2, 0.25) is 0 Å². The molecule has 1 fully saturated rings. The number of amidine groups is 1. The first-order chi connectivity index (χ1) is 9.15. The van der Waals surface area contributed by atoms with Crippen molar-refractivity contribution >= 4 is 27.5 Å². The van der Waals surface area contributed by atoms with Crippen molar-refractivity contribution < 1.29 is 5.21 Å². The van der Waals surface area contributed by atoms with Gasteiger partial charge in [-0.05, 0) is 59.8 Å². The van der Waals surface area contributed by atoms with E-state index < -0.39 is 0 Å². The zero-order valence-corrected chi connectivity index (χ0v) is 12.7. The number of oxime groups is 1. The number of halogens is 1. The van der Waals surface area contributed by atoms with Gasteiger partial charge in [0.15, 0.2) is 5.84 Å². The minimum Gasteiger partial charge on any atom is -0.409 e. The molecule has 0 saturated heterocycles. The molecule has 0 aromatic heterocycles. The van der Waals surface area contributed by atoms with Gasteiger partial charge in [-0.1, -0.05) is 11.6 Å². The van der Waals surface area contributed by atoms with Crippen LogP contribution in [0.1, 0.15) is 31.7 Å². The maximum atomic E-state index is 8.70. The topological polar surface area (TPSA) is 61.8 Å². The Labute approximate surface area is 122 Å². The highest BCUT2D eigenvalue weighted by atomic mass is 79.9. The lowest BCUT2D eigenvalue weighted by atomic mass is 9.85. The number of nitrogens with two attached hydrogens (primary N) is 1. The highest BCUT2D eigenvalue weighted by molar-refractivity contribution is 9.10. The van der Waals surface area contributed by atoms with Gasteiger partial charge >= 0.3 is 0 Å². The van der Waals surface area contributed by atoms with Crippen LogP contribution < -0.4 is 10.6 Å². The molecule has 1 saturated carbocycles. The van der Waals surface area contributed by atoms with Crippen molar-refractivity contribution in [3.8, 4) is 0 Å². The van der Waals surface area contributed by atoms with Crippen LogP contribution in [-0.2, 0) is 0 Å². The Hall–Kier alpha value is -1.23. The third-order valence-corrected chi connectivity index (χ3v) is 4.41. The molecule has 1 aliphatic carbocycles. The second-order valence-electron chi connectivity index (χ2n) is 4.99. The summed E-state index contributed by atoms with van der Waals surface area (Å²) in [6.45, 7) is 4.26. The largest absolute Gasteiger partial charge is 0.409 e.